The zero-order valence-corrected chi connectivity index (χ0v) is 13.2. The quantitative estimate of drug-likeness (QED) is 0.670. The fourth-order valence-corrected chi connectivity index (χ4v) is 2.37. The summed E-state index contributed by atoms with van der Waals surface area (Å²) in [5, 5.41) is 0. The molecule has 4 heteroatoms. The van der Waals surface area contributed by atoms with E-state index in [1.165, 1.54) is 6.07 Å². The van der Waals surface area contributed by atoms with Crippen LogP contribution in [0.15, 0.2) is 75.9 Å². The van der Waals surface area contributed by atoms with Gasteiger partial charge in [-0.05, 0) is 18.1 Å². The van der Waals surface area contributed by atoms with Gasteiger partial charge in [-0.3, -0.25) is 4.79 Å². The van der Waals surface area contributed by atoms with Crippen LogP contribution < -0.4 is 10.4 Å². The van der Waals surface area contributed by atoms with Gasteiger partial charge in [0.25, 0.3) is 0 Å². The van der Waals surface area contributed by atoms with Gasteiger partial charge in [0.15, 0.2) is 12.4 Å². The zero-order valence-electron chi connectivity index (χ0n) is 13.2. The lowest BCUT2D eigenvalue weighted by Gasteiger charge is -2.06. The first kappa shape index (κ1) is 15.7. The van der Waals surface area contributed by atoms with Crippen LogP contribution in [0, 0.1) is 6.92 Å². The van der Waals surface area contributed by atoms with Gasteiger partial charge in [-0.1, -0.05) is 54.6 Å². The maximum atomic E-state index is 12.2. The smallest absolute Gasteiger partial charge is 0.339 e. The van der Waals surface area contributed by atoms with E-state index in [1.54, 1.807) is 25.1 Å². The van der Waals surface area contributed by atoms with Crippen LogP contribution in [0.5, 0.6) is 5.75 Å². The first-order valence-corrected chi connectivity index (χ1v) is 7.55. The second-order valence-corrected chi connectivity index (χ2v) is 5.38. The number of ketones is 1. The van der Waals surface area contributed by atoms with E-state index in [0.29, 0.717) is 17.1 Å². The third-order valence-electron chi connectivity index (χ3n) is 3.55. The van der Waals surface area contributed by atoms with E-state index >= 15 is 0 Å². The lowest BCUT2D eigenvalue weighted by atomic mass is 10.0. The maximum Gasteiger partial charge on any atom is 0.339 e. The van der Waals surface area contributed by atoms with Gasteiger partial charge >= 0.3 is 5.63 Å². The molecule has 0 N–H and O–H groups in total. The second kappa shape index (κ2) is 6.96. The summed E-state index contributed by atoms with van der Waals surface area (Å²) in [5.41, 5.74) is 2.21. The number of benzene rings is 2. The van der Waals surface area contributed by atoms with E-state index in [1.807, 2.05) is 42.5 Å². The molecule has 1 heterocycles. The molecular weight excluding hydrogens is 304 g/mol. The molecule has 0 aliphatic heterocycles. The molecule has 24 heavy (non-hydrogen) atoms. The van der Waals surface area contributed by atoms with Crippen LogP contribution in [0.4, 0.5) is 0 Å². The van der Waals surface area contributed by atoms with Crippen molar-refractivity contribution in [3.8, 4) is 16.9 Å². The minimum atomic E-state index is -0.496. The number of carbonyl (C=O) groups excluding carboxylic acids is 1. The molecule has 0 radical (unpaired) electrons. The number of hydrogen-bond donors (Lipinski definition) is 0. The fraction of sp³-hybridized carbons (Fsp3) is 0.100. The van der Waals surface area contributed by atoms with Gasteiger partial charge in [0.1, 0.15) is 11.5 Å². The number of ether oxygens (including phenoxy) is 1. The maximum absolute atomic E-state index is 12.2. The normalized spacial score (nSPS) is 10.4. The van der Waals surface area contributed by atoms with E-state index in [-0.39, 0.29) is 12.4 Å². The molecule has 0 aliphatic rings. The molecule has 3 aromatic rings. The van der Waals surface area contributed by atoms with Crippen LogP contribution in [0.1, 0.15) is 16.1 Å². The summed E-state index contributed by atoms with van der Waals surface area (Å²) < 4.78 is 10.2. The molecule has 0 fully saturated rings. The van der Waals surface area contributed by atoms with Gasteiger partial charge in [-0.15, -0.1) is 0 Å². The zero-order chi connectivity index (χ0) is 16.9. The van der Waals surface area contributed by atoms with E-state index in [9.17, 15) is 9.59 Å². The SMILES string of the molecule is Cc1cc(OCC(=O)c2ccc(-c3ccccc3)cc2)cc(=O)o1. The topological polar surface area (TPSA) is 56.5 Å². The molecule has 4 nitrogen and oxygen atoms in total. The van der Waals surface area contributed by atoms with Gasteiger partial charge in [-0.25, -0.2) is 4.79 Å². The van der Waals surface area contributed by atoms with Crippen molar-refractivity contribution >= 4 is 5.78 Å². The molecule has 0 spiro atoms. The Morgan fingerprint density at radius 1 is 0.958 bits per heavy atom. The Balaban J connectivity index is 1.68. The van der Waals surface area contributed by atoms with Crippen molar-refractivity contribution in [2.24, 2.45) is 0 Å². The Labute approximate surface area is 139 Å². The first-order chi connectivity index (χ1) is 11.6. The highest BCUT2D eigenvalue weighted by Crippen LogP contribution is 2.19. The molecule has 0 bridgehead atoms. The van der Waals surface area contributed by atoms with Crippen LogP contribution in [0.2, 0.25) is 0 Å². The summed E-state index contributed by atoms with van der Waals surface area (Å²) in [5.74, 6) is 0.621. The van der Waals surface area contributed by atoms with E-state index in [4.69, 9.17) is 9.15 Å². The first-order valence-electron chi connectivity index (χ1n) is 7.55. The molecule has 1 aromatic heterocycles. The van der Waals surface area contributed by atoms with Crippen molar-refractivity contribution in [2.45, 2.75) is 6.92 Å². The van der Waals surface area contributed by atoms with Crippen molar-refractivity contribution in [1.82, 2.24) is 0 Å². The second-order valence-electron chi connectivity index (χ2n) is 5.38. The van der Waals surface area contributed by atoms with E-state index in [2.05, 4.69) is 0 Å². The Bertz CT molecular complexity index is 893. The molecule has 0 saturated heterocycles. The molecule has 0 saturated carbocycles. The summed E-state index contributed by atoms with van der Waals surface area (Å²) in [4.78, 5) is 23.5. The number of rotatable bonds is 5. The summed E-state index contributed by atoms with van der Waals surface area (Å²) in [6.07, 6.45) is 0. The Kier molecular flexibility index (Phi) is 4.57. The van der Waals surface area contributed by atoms with E-state index in [0.717, 1.165) is 11.1 Å². The molecule has 0 amide bonds. The average Bonchev–Trinajstić information content (AvgIpc) is 2.60. The highest BCUT2D eigenvalue weighted by atomic mass is 16.5. The standard InChI is InChI=1S/C20H16O4/c1-14-11-18(12-20(22)24-14)23-13-19(21)17-9-7-16(8-10-17)15-5-3-2-4-6-15/h2-12H,13H2,1H3. The van der Waals surface area contributed by atoms with Gasteiger partial charge in [-0.2, -0.15) is 0 Å². The Morgan fingerprint density at radius 2 is 1.62 bits per heavy atom. The van der Waals surface area contributed by atoms with Crippen molar-refractivity contribution in [3.05, 3.63) is 88.5 Å². The predicted octanol–water partition coefficient (Wildman–Crippen LogP) is 3.88. The van der Waals surface area contributed by atoms with Crippen LogP contribution in [0.3, 0.4) is 0 Å². The minimum Gasteiger partial charge on any atom is -0.485 e. The highest BCUT2D eigenvalue weighted by Gasteiger charge is 2.08. The summed E-state index contributed by atoms with van der Waals surface area (Å²) in [6, 6.07) is 20.1. The van der Waals surface area contributed by atoms with Gasteiger partial charge < -0.3 is 9.15 Å². The minimum absolute atomic E-state index is 0.131. The van der Waals surface area contributed by atoms with E-state index < -0.39 is 5.63 Å². The molecular formula is C20H16O4. The summed E-state index contributed by atoms with van der Waals surface area (Å²) in [6.45, 7) is 1.52. The van der Waals surface area contributed by atoms with Crippen LogP contribution in [-0.2, 0) is 0 Å². The van der Waals surface area contributed by atoms with Gasteiger partial charge in [0.05, 0.1) is 6.07 Å². The number of hydrogen-bond acceptors (Lipinski definition) is 4. The van der Waals surface area contributed by atoms with Crippen molar-refractivity contribution in [2.75, 3.05) is 6.61 Å². The van der Waals surface area contributed by atoms with Gasteiger partial charge in [0.2, 0.25) is 0 Å². The third-order valence-corrected chi connectivity index (χ3v) is 3.55. The Morgan fingerprint density at radius 3 is 2.29 bits per heavy atom. The Hall–Kier alpha value is -3.14. The molecule has 0 aliphatic carbocycles. The van der Waals surface area contributed by atoms with Crippen LogP contribution in [0.25, 0.3) is 11.1 Å². The molecule has 120 valence electrons. The lowest BCUT2D eigenvalue weighted by Crippen LogP contribution is -2.12. The van der Waals surface area contributed by atoms with Gasteiger partial charge in [0, 0.05) is 11.6 Å². The third kappa shape index (κ3) is 3.79. The fourth-order valence-electron chi connectivity index (χ4n) is 2.37. The summed E-state index contributed by atoms with van der Waals surface area (Å²) >= 11 is 0. The van der Waals surface area contributed by atoms with Crippen LogP contribution >= 0.6 is 0 Å². The number of Topliss-reactive ketones (excluding diaryl/α,β-unsaturated/α-hetero) is 1. The lowest BCUT2D eigenvalue weighted by molar-refractivity contribution is 0.0920. The number of aryl methyl sites for hydroxylation is 1. The molecule has 2 aromatic carbocycles. The monoisotopic (exact) mass is 320 g/mol. The van der Waals surface area contributed by atoms with Crippen molar-refractivity contribution in [3.63, 3.8) is 0 Å². The predicted molar refractivity (Wildman–Crippen MR) is 91.4 cm³/mol. The average molecular weight is 320 g/mol. The molecule has 0 atom stereocenters. The molecule has 3 rings (SSSR count). The highest BCUT2D eigenvalue weighted by molar-refractivity contribution is 5.97. The number of carbonyl (C=O) groups is 1. The van der Waals surface area contributed by atoms with Crippen LogP contribution in [-0.4, -0.2) is 12.4 Å². The molecule has 0 unspecified atom stereocenters. The van der Waals surface area contributed by atoms with Crippen molar-refractivity contribution < 1.29 is 13.9 Å². The largest absolute Gasteiger partial charge is 0.485 e. The summed E-state index contributed by atoms with van der Waals surface area (Å²) in [7, 11) is 0. The van der Waals surface area contributed by atoms with Crippen molar-refractivity contribution in [1.29, 1.82) is 0 Å².